The molecule has 1 fully saturated rings. The highest BCUT2D eigenvalue weighted by Gasteiger charge is 2.22. The molecular weight excluding hydrogens is 208 g/mol. The van der Waals surface area contributed by atoms with E-state index in [-0.39, 0.29) is 0 Å². The van der Waals surface area contributed by atoms with Gasteiger partial charge in [-0.1, -0.05) is 24.6 Å². The van der Waals surface area contributed by atoms with Crippen LogP contribution in [0.5, 0.6) is 0 Å². The van der Waals surface area contributed by atoms with Gasteiger partial charge in [0.1, 0.15) is 0 Å². The first-order valence-electron chi connectivity index (χ1n) is 6.98. The summed E-state index contributed by atoms with van der Waals surface area (Å²) >= 11 is 0. The summed E-state index contributed by atoms with van der Waals surface area (Å²) in [5, 5.41) is 3.51. The van der Waals surface area contributed by atoms with E-state index in [1.807, 2.05) is 0 Å². The second-order valence-electron chi connectivity index (χ2n) is 5.36. The SMILES string of the molecule is c1ccc2c(c1)NCCC2CN1CCCCC1. The van der Waals surface area contributed by atoms with E-state index in [2.05, 4.69) is 34.5 Å². The number of nitrogens with zero attached hydrogens (tertiary/aromatic N) is 1. The number of benzene rings is 1. The molecule has 1 aromatic rings. The van der Waals surface area contributed by atoms with Crippen LogP contribution >= 0.6 is 0 Å². The average molecular weight is 230 g/mol. The molecule has 0 bridgehead atoms. The highest BCUT2D eigenvalue weighted by Crippen LogP contribution is 2.32. The first-order chi connectivity index (χ1) is 8.43. The summed E-state index contributed by atoms with van der Waals surface area (Å²) in [7, 11) is 0. The third-order valence-electron chi connectivity index (χ3n) is 4.14. The van der Waals surface area contributed by atoms with E-state index < -0.39 is 0 Å². The van der Waals surface area contributed by atoms with Gasteiger partial charge in [-0.2, -0.15) is 0 Å². The first-order valence-corrected chi connectivity index (χ1v) is 6.98. The number of piperidine rings is 1. The van der Waals surface area contributed by atoms with Crippen molar-refractivity contribution in [1.82, 2.24) is 4.90 Å². The summed E-state index contributed by atoms with van der Waals surface area (Å²) in [6, 6.07) is 8.83. The van der Waals surface area contributed by atoms with Crippen LogP contribution in [-0.2, 0) is 0 Å². The molecule has 2 heteroatoms. The lowest BCUT2D eigenvalue weighted by Crippen LogP contribution is -2.35. The molecule has 1 unspecified atom stereocenters. The normalized spacial score (nSPS) is 25.1. The molecular formula is C15H22N2. The van der Waals surface area contributed by atoms with Gasteiger partial charge in [0.15, 0.2) is 0 Å². The van der Waals surface area contributed by atoms with Gasteiger partial charge in [0, 0.05) is 24.7 Å². The zero-order valence-corrected chi connectivity index (χ0v) is 10.5. The van der Waals surface area contributed by atoms with Gasteiger partial charge in [-0.3, -0.25) is 0 Å². The van der Waals surface area contributed by atoms with E-state index in [9.17, 15) is 0 Å². The summed E-state index contributed by atoms with van der Waals surface area (Å²) in [6.07, 6.45) is 5.51. The molecule has 2 aliphatic heterocycles. The Bertz CT molecular complexity index is 369. The minimum atomic E-state index is 0.741. The van der Waals surface area contributed by atoms with Crippen LogP contribution in [0, 0.1) is 0 Å². The van der Waals surface area contributed by atoms with Crippen molar-refractivity contribution in [2.45, 2.75) is 31.6 Å². The monoisotopic (exact) mass is 230 g/mol. The van der Waals surface area contributed by atoms with Gasteiger partial charge in [-0.15, -0.1) is 0 Å². The van der Waals surface area contributed by atoms with Crippen LogP contribution in [0.3, 0.4) is 0 Å². The van der Waals surface area contributed by atoms with Crippen molar-refractivity contribution >= 4 is 5.69 Å². The third-order valence-corrected chi connectivity index (χ3v) is 4.14. The van der Waals surface area contributed by atoms with Crippen molar-refractivity contribution in [3.63, 3.8) is 0 Å². The number of fused-ring (bicyclic) bond motifs is 1. The summed E-state index contributed by atoms with van der Waals surface area (Å²) < 4.78 is 0. The molecule has 0 aliphatic carbocycles. The molecule has 1 saturated heterocycles. The van der Waals surface area contributed by atoms with Gasteiger partial charge in [0.05, 0.1) is 0 Å². The standard InChI is InChI=1S/C15H22N2/c1-4-10-17(11-5-1)12-13-8-9-16-15-7-3-2-6-14(13)15/h2-3,6-7,13,16H,1,4-5,8-12H2. The molecule has 1 aromatic carbocycles. The van der Waals surface area contributed by atoms with Crippen LogP contribution in [0.1, 0.15) is 37.2 Å². The third kappa shape index (κ3) is 2.47. The summed E-state index contributed by atoms with van der Waals surface area (Å²) in [6.45, 7) is 5.02. The Hall–Kier alpha value is -1.02. The van der Waals surface area contributed by atoms with Crippen molar-refractivity contribution in [1.29, 1.82) is 0 Å². The zero-order chi connectivity index (χ0) is 11.5. The van der Waals surface area contributed by atoms with Crippen molar-refractivity contribution in [3.8, 4) is 0 Å². The van der Waals surface area contributed by atoms with E-state index in [1.54, 1.807) is 0 Å². The number of hydrogen-bond donors (Lipinski definition) is 1. The molecule has 3 rings (SSSR count). The molecule has 0 radical (unpaired) electrons. The number of rotatable bonds is 2. The van der Waals surface area contributed by atoms with Gasteiger partial charge >= 0.3 is 0 Å². The zero-order valence-electron chi connectivity index (χ0n) is 10.5. The Morgan fingerprint density at radius 2 is 1.94 bits per heavy atom. The Morgan fingerprint density at radius 3 is 2.82 bits per heavy atom. The molecule has 17 heavy (non-hydrogen) atoms. The quantitative estimate of drug-likeness (QED) is 0.840. The van der Waals surface area contributed by atoms with Gasteiger partial charge in [0.2, 0.25) is 0 Å². The van der Waals surface area contributed by atoms with Crippen molar-refractivity contribution in [3.05, 3.63) is 29.8 Å². The lowest BCUT2D eigenvalue weighted by Gasteiger charge is -2.33. The van der Waals surface area contributed by atoms with E-state index in [0.717, 1.165) is 12.5 Å². The van der Waals surface area contributed by atoms with Crippen LogP contribution in [0.2, 0.25) is 0 Å². The summed E-state index contributed by atoms with van der Waals surface area (Å²) in [4.78, 5) is 2.66. The molecule has 1 N–H and O–H groups in total. The number of nitrogens with one attached hydrogen (secondary N) is 1. The summed E-state index contributed by atoms with van der Waals surface area (Å²) in [5.74, 6) is 0.741. The van der Waals surface area contributed by atoms with Crippen LogP contribution in [0.15, 0.2) is 24.3 Å². The first kappa shape index (κ1) is 11.1. The van der Waals surface area contributed by atoms with E-state index in [4.69, 9.17) is 0 Å². The smallest absolute Gasteiger partial charge is 0.0376 e. The van der Waals surface area contributed by atoms with Crippen LogP contribution in [0.4, 0.5) is 5.69 Å². The highest BCUT2D eigenvalue weighted by molar-refractivity contribution is 5.54. The van der Waals surface area contributed by atoms with Crippen molar-refractivity contribution in [2.24, 2.45) is 0 Å². The number of para-hydroxylation sites is 1. The minimum Gasteiger partial charge on any atom is -0.385 e. The van der Waals surface area contributed by atoms with Crippen LogP contribution < -0.4 is 5.32 Å². The molecule has 2 heterocycles. The number of hydrogen-bond acceptors (Lipinski definition) is 2. The molecule has 2 nitrogen and oxygen atoms in total. The molecule has 92 valence electrons. The fourth-order valence-corrected chi connectivity index (χ4v) is 3.19. The predicted molar refractivity (Wildman–Crippen MR) is 72.6 cm³/mol. The lowest BCUT2D eigenvalue weighted by atomic mass is 9.90. The average Bonchev–Trinajstić information content (AvgIpc) is 2.40. The molecule has 0 spiro atoms. The van der Waals surface area contributed by atoms with E-state index in [1.165, 1.54) is 56.6 Å². The maximum atomic E-state index is 3.51. The van der Waals surface area contributed by atoms with Gasteiger partial charge in [0.25, 0.3) is 0 Å². The second-order valence-corrected chi connectivity index (χ2v) is 5.36. The van der Waals surface area contributed by atoms with Crippen LogP contribution in [-0.4, -0.2) is 31.1 Å². The van der Waals surface area contributed by atoms with Gasteiger partial charge in [-0.25, -0.2) is 0 Å². The van der Waals surface area contributed by atoms with Gasteiger partial charge in [-0.05, 0) is 44.0 Å². The van der Waals surface area contributed by atoms with E-state index in [0.29, 0.717) is 0 Å². The Labute approximate surface area is 104 Å². The Kier molecular flexibility index (Phi) is 3.32. The molecule has 0 saturated carbocycles. The van der Waals surface area contributed by atoms with Crippen molar-refractivity contribution in [2.75, 3.05) is 31.5 Å². The molecule has 0 amide bonds. The molecule has 1 atom stereocenters. The Balaban J connectivity index is 1.71. The minimum absolute atomic E-state index is 0.741. The second kappa shape index (κ2) is 5.09. The number of anilines is 1. The summed E-state index contributed by atoms with van der Waals surface area (Å²) in [5.41, 5.74) is 2.89. The maximum Gasteiger partial charge on any atom is 0.0376 e. The number of likely N-dealkylation sites (tertiary alicyclic amines) is 1. The van der Waals surface area contributed by atoms with Crippen LogP contribution in [0.25, 0.3) is 0 Å². The van der Waals surface area contributed by atoms with Crippen molar-refractivity contribution < 1.29 is 0 Å². The fraction of sp³-hybridized carbons (Fsp3) is 0.600. The largest absolute Gasteiger partial charge is 0.385 e. The van der Waals surface area contributed by atoms with Gasteiger partial charge < -0.3 is 10.2 Å². The molecule has 0 aromatic heterocycles. The predicted octanol–water partition coefficient (Wildman–Crippen LogP) is 3.07. The highest BCUT2D eigenvalue weighted by atomic mass is 15.1. The van der Waals surface area contributed by atoms with E-state index >= 15 is 0 Å². The lowest BCUT2D eigenvalue weighted by molar-refractivity contribution is 0.212. The maximum absolute atomic E-state index is 3.51. The molecule has 2 aliphatic rings. The Morgan fingerprint density at radius 1 is 1.12 bits per heavy atom. The fourth-order valence-electron chi connectivity index (χ4n) is 3.19. The topological polar surface area (TPSA) is 15.3 Å².